The van der Waals surface area contributed by atoms with Crippen molar-refractivity contribution in [3.05, 3.63) is 93.6 Å². The van der Waals surface area contributed by atoms with Crippen molar-refractivity contribution >= 4 is 55.7 Å². The predicted octanol–water partition coefficient (Wildman–Crippen LogP) is 6.46. The number of rotatable bonds is 5. The third-order valence-corrected chi connectivity index (χ3v) is 8.77. The maximum absolute atomic E-state index is 13.8. The molecule has 1 atom stereocenters. The van der Waals surface area contributed by atoms with E-state index in [1.54, 1.807) is 15.9 Å². The van der Waals surface area contributed by atoms with Crippen molar-refractivity contribution in [3.8, 4) is 5.69 Å². The summed E-state index contributed by atoms with van der Waals surface area (Å²) in [5.74, 6) is 0.637. The number of hydrogen-bond donors (Lipinski definition) is 1. The van der Waals surface area contributed by atoms with Gasteiger partial charge in [0.15, 0.2) is 5.16 Å². The summed E-state index contributed by atoms with van der Waals surface area (Å²) in [7, 11) is 0. The Morgan fingerprint density at radius 2 is 1.86 bits per heavy atom. The average Bonchev–Trinajstić information content (AvgIpc) is 3.25. The topological polar surface area (TPSA) is 64.0 Å². The van der Waals surface area contributed by atoms with Crippen LogP contribution in [-0.4, -0.2) is 21.2 Å². The lowest BCUT2D eigenvalue weighted by atomic mass is 9.89. The number of amides is 1. The number of carbonyl (C=O) groups excluding carboxylic acids is 1. The van der Waals surface area contributed by atoms with Crippen molar-refractivity contribution in [1.82, 2.24) is 9.55 Å². The normalized spacial score (nSPS) is 15.2. The van der Waals surface area contributed by atoms with E-state index in [9.17, 15) is 9.59 Å². The first-order chi connectivity index (χ1) is 17.6. The average molecular weight is 512 g/mol. The minimum absolute atomic E-state index is 0.0457. The molecule has 0 saturated heterocycles. The van der Waals surface area contributed by atoms with Crippen LogP contribution in [0.15, 0.2) is 82.7 Å². The molecule has 1 aliphatic carbocycles. The Hall–Kier alpha value is -3.42. The second-order valence-corrected chi connectivity index (χ2v) is 11.3. The van der Waals surface area contributed by atoms with E-state index >= 15 is 0 Å². The first-order valence-corrected chi connectivity index (χ1v) is 13.9. The molecule has 1 N–H and O–H groups in total. The van der Waals surface area contributed by atoms with Crippen molar-refractivity contribution in [3.63, 3.8) is 0 Å². The van der Waals surface area contributed by atoms with Crippen LogP contribution in [0.1, 0.15) is 23.8 Å². The van der Waals surface area contributed by atoms with Gasteiger partial charge in [-0.3, -0.25) is 14.2 Å². The number of anilines is 1. The number of aromatic nitrogens is 2. The maximum Gasteiger partial charge on any atom is 0.267 e. The van der Waals surface area contributed by atoms with Gasteiger partial charge in [0.25, 0.3) is 5.56 Å². The second kappa shape index (κ2) is 9.56. The van der Waals surface area contributed by atoms with E-state index in [-0.39, 0.29) is 17.2 Å². The predicted molar refractivity (Wildman–Crippen MR) is 150 cm³/mol. The Kier molecular flexibility index (Phi) is 6.11. The van der Waals surface area contributed by atoms with Gasteiger partial charge in [-0.05, 0) is 65.8 Å². The fourth-order valence-electron chi connectivity index (χ4n) is 4.87. The van der Waals surface area contributed by atoms with Crippen molar-refractivity contribution in [1.29, 1.82) is 0 Å². The molecule has 0 bridgehead atoms. The number of nitrogens with zero attached hydrogens (tertiary/aromatic N) is 2. The van der Waals surface area contributed by atoms with E-state index < -0.39 is 0 Å². The van der Waals surface area contributed by atoms with E-state index in [0.717, 1.165) is 51.6 Å². The minimum Gasteiger partial charge on any atom is -0.325 e. The number of fused-ring (bicyclic) bond motifs is 4. The second-order valence-electron chi connectivity index (χ2n) is 9.30. The van der Waals surface area contributed by atoms with Gasteiger partial charge in [0.05, 0.1) is 16.8 Å². The van der Waals surface area contributed by atoms with Gasteiger partial charge in [0, 0.05) is 10.6 Å². The number of aryl methyl sites for hydroxylation is 1. The molecule has 0 unspecified atom stereocenters. The van der Waals surface area contributed by atoms with Gasteiger partial charge in [-0.25, -0.2) is 4.98 Å². The lowest BCUT2D eigenvalue weighted by molar-refractivity contribution is -0.113. The molecule has 2 aromatic heterocycles. The summed E-state index contributed by atoms with van der Waals surface area (Å²) in [5, 5.41) is 6.47. The summed E-state index contributed by atoms with van der Waals surface area (Å²) >= 11 is 2.93. The molecule has 7 heteroatoms. The van der Waals surface area contributed by atoms with Crippen LogP contribution in [0, 0.1) is 5.92 Å². The van der Waals surface area contributed by atoms with Gasteiger partial charge >= 0.3 is 0 Å². The molecular formula is C29H25N3O2S2. The number of hydrogen-bond acceptors (Lipinski definition) is 5. The van der Waals surface area contributed by atoms with Crippen molar-refractivity contribution in [2.24, 2.45) is 5.92 Å². The van der Waals surface area contributed by atoms with Crippen LogP contribution < -0.4 is 10.9 Å². The number of para-hydroxylation sites is 1. The molecule has 5 aromatic rings. The molecule has 0 spiro atoms. The molecule has 5 nitrogen and oxygen atoms in total. The van der Waals surface area contributed by atoms with Gasteiger partial charge < -0.3 is 5.32 Å². The van der Waals surface area contributed by atoms with Gasteiger partial charge in [-0.2, -0.15) is 0 Å². The van der Waals surface area contributed by atoms with Crippen LogP contribution in [0.2, 0.25) is 0 Å². The first-order valence-electron chi connectivity index (χ1n) is 12.1. The molecule has 6 rings (SSSR count). The molecule has 0 radical (unpaired) electrons. The Balaban J connectivity index is 1.33. The minimum atomic E-state index is -0.136. The Morgan fingerprint density at radius 1 is 1.08 bits per heavy atom. The number of nitrogens with one attached hydrogen (secondary N) is 1. The lowest BCUT2D eigenvalue weighted by Crippen LogP contribution is -2.23. The summed E-state index contributed by atoms with van der Waals surface area (Å²) in [4.78, 5) is 33.7. The first kappa shape index (κ1) is 23.0. The Morgan fingerprint density at radius 3 is 2.69 bits per heavy atom. The van der Waals surface area contributed by atoms with E-state index in [4.69, 9.17) is 4.98 Å². The molecular weight excluding hydrogens is 486 g/mol. The molecule has 36 heavy (non-hydrogen) atoms. The highest BCUT2D eigenvalue weighted by Crippen LogP contribution is 2.37. The summed E-state index contributed by atoms with van der Waals surface area (Å²) < 4.78 is 1.67. The van der Waals surface area contributed by atoms with Crippen LogP contribution in [0.4, 0.5) is 5.69 Å². The van der Waals surface area contributed by atoms with E-state index in [1.807, 2.05) is 72.8 Å². The molecule has 0 fully saturated rings. The fraction of sp³-hybridized carbons (Fsp3) is 0.207. The number of benzene rings is 3. The standard InChI is InChI=1S/C29H25N3O2S2/c1-18-11-14-23-24(15-18)36-27-26(23)28(34)32(22-9-3-2-4-10-22)29(31-27)35-17-25(33)30-21-13-12-19-7-5-6-8-20(19)16-21/h2-10,12-13,16,18H,11,14-15,17H2,1H3,(H,30,33)/t18-/m0/s1. The third kappa shape index (κ3) is 4.33. The van der Waals surface area contributed by atoms with E-state index in [1.165, 1.54) is 22.2 Å². The van der Waals surface area contributed by atoms with Gasteiger partial charge in [0.1, 0.15) is 4.83 Å². The maximum atomic E-state index is 13.8. The quantitative estimate of drug-likeness (QED) is 0.217. The number of carbonyl (C=O) groups is 1. The highest BCUT2D eigenvalue weighted by Gasteiger charge is 2.25. The summed E-state index contributed by atoms with van der Waals surface area (Å²) in [5.41, 5.74) is 2.64. The highest BCUT2D eigenvalue weighted by molar-refractivity contribution is 7.99. The Bertz CT molecular complexity index is 1660. The zero-order chi connectivity index (χ0) is 24.6. The molecule has 0 aliphatic heterocycles. The molecule has 1 aliphatic rings. The van der Waals surface area contributed by atoms with Gasteiger partial charge in [-0.15, -0.1) is 11.3 Å². The van der Waals surface area contributed by atoms with E-state index in [0.29, 0.717) is 11.1 Å². The lowest BCUT2D eigenvalue weighted by Gasteiger charge is -2.17. The Labute approximate surface area is 217 Å². The fourth-order valence-corrected chi connectivity index (χ4v) is 7.10. The summed E-state index contributed by atoms with van der Waals surface area (Å²) in [6, 6.07) is 23.5. The number of thiophene rings is 1. The number of thioether (sulfide) groups is 1. The van der Waals surface area contributed by atoms with Crippen LogP contribution in [0.3, 0.4) is 0 Å². The molecule has 3 aromatic carbocycles. The van der Waals surface area contributed by atoms with Crippen LogP contribution in [-0.2, 0) is 17.6 Å². The van der Waals surface area contributed by atoms with Gasteiger partial charge in [0.2, 0.25) is 5.91 Å². The molecule has 2 heterocycles. The van der Waals surface area contributed by atoms with Crippen LogP contribution in [0.25, 0.3) is 26.7 Å². The zero-order valence-electron chi connectivity index (χ0n) is 19.9. The SMILES string of the molecule is C[C@H]1CCc2c(sc3nc(SCC(=O)Nc4ccc5ccccc5c4)n(-c4ccccc4)c(=O)c23)C1. The van der Waals surface area contributed by atoms with Gasteiger partial charge in [-0.1, -0.05) is 67.2 Å². The highest BCUT2D eigenvalue weighted by atomic mass is 32.2. The van der Waals surface area contributed by atoms with Crippen LogP contribution >= 0.6 is 23.1 Å². The van der Waals surface area contributed by atoms with E-state index in [2.05, 4.69) is 12.2 Å². The summed E-state index contributed by atoms with van der Waals surface area (Å²) in [6.07, 6.45) is 3.01. The molecule has 180 valence electrons. The van der Waals surface area contributed by atoms with Crippen LogP contribution in [0.5, 0.6) is 0 Å². The monoisotopic (exact) mass is 511 g/mol. The molecule has 0 saturated carbocycles. The largest absolute Gasteiger partial charge is 0.325 e. The van der Waals surface area contributed by atoms with Crippen molar-refractivity contribution in [2.75, 3.05) is 11.1 Å². The third-order valence-electron chi connectivity index (χ3n) is 6.68. The molecule has 1 amide bonds. The zero-order valence-corrected chi connectivity index (χ0v) is 21.5. The summed E-state index contributed by atoms with van der Waals surface area (Å²) in [6.45, 7) is 2.26. The van der Waals surface area contributed by atoms with Crippen molar-refractivity contribution in [2.45, 2.75) is 31.3 Å². The van der Waals surface area contributed by atoms with Crippen molar-refractivity contribution < 1.29 is 4.79 Å². The smallest absolute Gasteiger partial charge is 0.267 e.